The molecule has 1 fully saturated rings. The minimum absolute atomic E-state index is 0.132. The van der Waals surface area contributed by atoms with Crippen LogP contribution < -0.4 is 0 Å². The number of rotatable bonds is 4. The molecule has 2 rings (SSSR count). The molecule has 1 heterocycles. The zero-order valence-electron chi connectivity index (χ0n) is 10.8. The van der Waals surface area contributed by atoms with Crippen LogP contribution in [0.1, 0.15) is 55.0 Å². The van der Waals surface area contributed by atoms with Crippen molar-refractivity contribution in [2.24, 2.45) is 5.92 Å². The van der Waals surface area contributed by atoms with E-state index in [9.17, 15) is 4.79 Å². The second-order valence-corrected chi connectivity index (χ2v) is 5.83. The fourth-order valence-corrected chi connectivity index (χ4v) is 3.73. The molecule has 4 nitrogen and oxygen atoms in total. The van der Waals surface area contributed by atoms with Gasteiger partial charge in [0.1, 0.15) is 10.6 Å². The van der Waals surface area contributed by atoms with E-state index >= 15 is 0 Å². The maximum absolute atomic E-state index is 10.9. The summed E-state index contributed by atoms with van der Waals surface area (Å²) in [6.45, 7) is 4.83. The Balaban J connectivity index is 2.30. The molecule has 0 saturated heterocycles. The highest BCUT2D eigenvalue weighted by atomic mass is 32.1. The number of nitrogens with zero attached hydrogens (tertiary/aromatic N) is 1. The molecule has 1 aromatic heterocycles. The Morgan fingerprint density at radius 2 is 2.50 bits per heavy atom. The van der Waals surface area contributed by atoms with Crippen molar-refractivity contribution in [1.29, 1.82) is 0 Å². The number of thiazole rings is 1. The Hall–Kier alpha value is -0.940. The van der Waals surface area contributed by atoms with Crippen molar-refractivity contribution in [3.63, 3.8) is 0 Å². The molecule has 18 heavy (non-hydrogen) atoms. The van der Waals surface area contributed by atoms with Crippen LogP contribution in [0, 0.1) is 5.92 Å². The van der Waals surface area contributed by atoms with E-state index in [1.807, 2.05) is 6.92 Å². The van der Waals surface area contributed by atoms with Gasteiger partial charge >= 0.3 is 5.97 Å². The van der Waals surface area contributed by atoms with Gasteiger partial charge in [0.05, 0.1) is 0 Å². The molecule has 2 unspecified atom stereocenters. The van der Waals surface area contributed by atoms with Crippen LogP contribution in [0.5, 0.6) is 0 Å². The van der Waals surface area contributed by atoms with E-state index in [1.54, 1.807) is 5.38 Å². The molecule has 0 aromatic carbocycles. The summed E-state index contributed by atoms with van der Waals surface area (Å²) in [6.07, 6.45) is 4.21. The molecule has 0 spiro atoms. The first-order valence-corrected chi connectivity index (χ1v) is 7.28. The molecule has 1 N–H and O–H groups in total. The van der Waals surface area contributed by atoms with Crippen LogP contribution in [0.2, 0.25) is 0 Å². The van der Waals surface area contributed by atoms with Crippen LogP contribution in [-0.4, -0.2) is 22.7 Å². The molecule has 1 aromatic rings. The zero-order chi connectivity index (χ0) is 13.2. The summed E-state index contributed by atoms with van der Waals surface area (Å²) in [7, 11) is 0. The zero-order valence-corrected chi connectivity index (χ0v) is 11.6. The normalized spacial score (nSPS) is 28.2. The topological polar surface area (TPSA) is 59.4 Å². The lowest BCUT2D eigenvalue weighted by molar-refractivity contribution is -0.0820. The highest BCUT2D eigenvalue weighted by Crippen LogP contribution is 2.43. The fourth-order valence-electron chi connectivity index (χ4n) is 2.75. The molecular formula is C13H19NO3S. The lowest BCUT2D eigenvalue weighted by Crippen LogP contribution is -2.35. The van der Waals surface area contributed by atoms with E-state index in [-0.39, 0.29) is 11.3 Å². The Morgan fingerprint density at radius 1 is 1.72 bits per heavy atom. The first-order chi connectivity index (χ1) is 8.57. The van der Waals surface area contributed by atoms with E-state index in [4.69, 9.17) is 9.84 Å². The quantitative estimate of drug-likeness (QED) is 0.911. The molecule has 2 atom stereocenters. The van der Waals surface area contributed by atoms with Crippen LogP contribution in [0.3, 0.4) is 0 Å². The number of hydrogen-bond donors (Lipinski definition) is 1. The second kappa shape index (κ2) is 5.36. The van der Waals surface area contributed by atoms with E-state index in [1.165, 1.54) is 17.8 Å². The molecule has 5 heteroatoms. The van der Waals surface area contributed by atoms with Crippen molar-refractivity contribution in [2.45, 2.75) is 45.1 Å². The Bertz CT molecular complexity index is 428. The van der Waals surface area contributed by atoms with Gasteiger partial charge in [-0.05, 0) is 32.1 Å². The molecular weight excluding hydrogens is 250 g/mol. The number of carboxylic acid groups (broad SMARTS) is 1. The van der Waals surface area contributed by atoms with E-state index in [2.05, 4.69) is 11.9 Å². The van der Waals surface area contributed by atoms with Crippen LogP contribution in [0.15, 0.2) is 5.38 Å². The number of carboxylic acids is 1. The fraction of sp³-hybridized carbons (Fsp3) is 0.692. The van der Waals surface area contributed by atoms with Gasteiger partial charge in [-0.2, -0.15) is 0 Å². The molecule has 0 radical (unpaired) electrons. The third-order valence-corrected chi connectivity index (χ3v) is 4.52. The smallest absolute Gasteiger partial charge is 0.355 e. The van der Waals surface area contributed by atoms with Gasteiger partial charge in [-0.15, -0.1) is 11.3 Å². The van der Waals surface area contributed by atoms with Gasteiger partial charge in [-0.1, -0.05) is 13.3 Å². The van der Waals surface area contributed by atoms with Gasteiger partial charge in [0.15, 0.2) is 5.69 Å². The van der Waals surface area contributed by atoms with Crippen molar-refractivity contribution in [3.8, 4) is 0 Å². The predicted molar refractivity (Wildman–Crippen MR) is 70.0 cm³/mol. The van der Waals surface area contributed by atoms with Crippen LogP contribution >= 0.6 is 11.3 Å². The number of carbonyl (C=O) groups is 1. The van der Waals surface area contributed by atoms with Crippen molar-refractivity contribution >= 4 is 17.3 Å². The highest BCUT2D eigenvalue weighted by molar-refractivity contribution is 7.10. The molecule has 0 aliphatic heterocycles. The second-order valence-electron chi connectivity index (χ2n) is 4.97. The number of ether oxygens (including phenoxy) is 1. The van der Waals surface area contributed by atoms with Crippen molar-refractivity contribution in [3.05, 3.63) is 16.1 Å². The number of hydrogen-bond acceptors (Lipinski definition) is 4. The SMILES string of the molecule is CCOC1(c2nc(C(=O)O)cs2)CCCC(C)C1. The van der Waals surface area contributed by atoms with Gasteiger partial charge in [0.2, 0.25) is 0 Å². The Morgan fingerprint density at radius 3 is 3.06 bits per heavy atom. The van der Waals surface area contributed by atoms with Gasteiger partial charge in [-0.25, -0.2) is 9.78 Å². The largest absolute Gasteiger partial charge is 0.476 e. The van der Waals surface area contributed by atoms with Gasteiger partial charge in [0.25, 0.3) is 0 Å². The van der Waals surface area contributed by atoms with Crippen molar-refractivity contribution in [2.75, 3.05) is 6.61 Å². The summed E-state index contributed by atoms with van der Waals surface area (Å²) in [5.74, 6) is -0.365. The summed E-state index contributed by atoms with van der Waals surface area (Å²) in [5, 5.41) is 11.4. The van der Waals surface area contributed by atoms with Crippen molar-refractivity contribution in [1.82, 2.24) is 4.98 Å². The van der Waals surface area contributed by atoms with E-state index in [0.717, 1.165) is 24.3 Å². The molecule has 100 valence electrons. The number of aromatic carboxylic acids is 1. The summed E-state index contributed by atoms with van der Waals surface area (Å²) >= 11 is 1.41. The molecule has 1 aliphatic carbocycles. The molecule has 1 saturated carbocycles. The first-order valence-electron chi connectivity index (χ1n) is 6.40. The monoisotopic (exact) mass is 269 g/mol. The van der Waals surface area contributed by atoms with Gasteiger partial charge < -0.3 is 9.84 Å². The summed E-state index contributed by atoms with van der Waals surface area (Å²) in [5.41, 5.74) is -0.225. The van der Waals surface area contributed by atoms with Crippen LogP contribution in [0.4, 0.5) is 0 Å². The lowest BCUT2D eigenvalue weighted by atomic mass is 9.79. The van der Waals surface area contributed by atoms with Gasteiger partial charge in [0, 0.05) is 12.0 Å². The predicted octanol–water partition coefficient (Wildman–Crippen LogP) is 3.28. The third-order valence-electron chi connectivity index (χ3n) is 3.49. The molecule has 0 amide bonds. The average molecular weight is 269 g/mol. The molecule has 0 bridgehead atoms. The Labute approximate surface area is 111 Å². The van der Waals surface area contributed by atoms with Crippen LogP contribution in [0.25, 0.3) is 0 Å². The van der Waals surface area contributed by atoms with Crippen molar-refractivity contribution < 1.29 is 14.6 Å². The highest BCUT2D eigenvalue weighted by Gasteiger charge is 2.40. The third kappa shape index (κ3) is 2.57. The number of aromatic nitrogens is 1. The lowest BCUT2D eigenvalue weighted by Gasteiger charge is -2.38. The summed E-state index contributed by atoms with van der Waals surface area (Å²) < 4.78 is 5.97. The minimum Gasteiger partial charge on any atom is -0.476 e. The minimum atomic E-state index is -0.965. The maximum Gasteiger partial charge on any atom is 0.355 e. The summed E-state index contributed by atoms with van der Waals surface area (Å²) in [4.78, 5) is 15.2. The van der Waals surface area contributed by atoms with E-state index < -0.39 is 5.97 Å². The molecule has 1 aliphatic rings. The van der Waals surface area contributed by atoms with Gasteiger partial charge in [-0.3, -0.25) is 0 Å². The maximum atomic E-state index is 10.9. The summed E-state index contributed by atoms with van der Waals surface area (Å²) in [6, 6.07) is 0. The first kappa shape index (κ1) is 13.5. The van der Waals surface area contributed by atoms with E-state index in [0.29, 0.717) is 12.5 Å². The Kier molecular flexibility index (Phi) is 4.02. The van der Waals surface area contributed by atoms with Crippen LogP contribution in [-0.2, 0) is 10.3 Å². The average Bonchev–Trinajstić information content (AvgIpc) is 2.79. The standard InChI is InChI=1S/C13H19NO3S/c1-3-17-13(6-4-5-9(2)7-13)12-14-10(8-18-12)11(15)16/h8-9H,3-7H2,1-2H3,(H,15,16).